The Bertz CT molecular complexity index is 314. The first-order valence-electron chi connectivity index (χ1n) is 5.68. The van der Waals surface area contributed by atoms with E-state index in [2.05, 4.69) is 4.72 Å². The Hall–Kier alpha value is -0.130. The van der Waals surface area contributed by atoms with E-state index in [9.17, 15) is 8.42 Å². The van der Waals surface area contributed by atoms with Gasteiger partial charge in [-0.05, 0) is 37.5 Å². The molecule has 0 aromatic heterocycles. The lowest BCUT2D eigenvalue weighted by Crippen LogP contribution is -2.53. The smallest absolute Gasteiger partial charge is 0.208 e. The molecule has 2 unspecified atom stereocenters. The second-order valence-electron chi connectivity index (χ2n) is 5.10. The van der Waals surface area contributed by atoms with Gasteiger partial charge < -0.3 is 5.73 Å². The molecule has 0 amide bonds. The molecule has 0 aromatic carbocycles. The number of nitrogens with one attached hydrogen (secondary N) is 1. The summed E-state index contributed by atoms with van der Waals surface area (Å²) in [4.78, 5) is 0. The standard InChI is InChI=1S/C10H20N2O2S/c1-15(13,14)12-10-7-3-2-4-8(10)6-9(11)5-7/h7-10,12H,2-6,11H2,1H3. The van der Waals surface area contributed by atoms with Gasteiger partial charge in [0.15, 0.2) is 0 Å². The minimum absolute atomic E-state index is 0.147. The molecule has 0 aliphatic heterocycles. The summed E-state index contributed by atoms with van der Waals surface area (Å²) >= 11 is 0. The summed E-state index contributed by atoms with van der Waals surface area (Å²) in [6.45, 7) is 0. The summed E-state index contributed by atoms with van der Waals surface area (Å²) < 4.78 is 25.3. The second-order valence-corrected chi connectivity index (χ2v) is 6.88. The predicted octanol–water partition coefficient (Wildman–Crippen LogP) is 0.442. The fourth-order valence-electron chi connectivity index (χ4n) is 3.23. The van der Waals surface area contributed by atoms with Crippen LogP contribution in [0.15, 0.2) is 0 Å². The van der Waals surface area contributed by atoms with Crippen LogP contribution in [-0.4, -0.2) is 26.8 Å². The van der Waals surface area contributed by atoms with E-state index in [0.29, 0.717) is 11.8 Å². The number of hydrogen-bond donors (Lipinski definition) is 2. The van der Waals surface area contributed by atoms with Crippen molar-refractivity contribution in [3.63, 3.8) is 0 Å². The van der Waals surface area contributed by atoms with Gasteiger partial charge in [0.1, 0.15) is 0 Å². The fraction of sp³-hybridized carbons (Fsp3) is 1.00. The molecule has 0 spiro atoms. The highest BCUT2D eigenvalue weighted by molar-refractivity contribution is 7.88. The van der Waals surface area contributed by atoms with Gasteiger partial charge in [0.05, 0.1) is 6.26 Å². The number of sulfonamides is 1. The van der Waals surface area contributed by atoms with Crippen LogP contribution in [0.5, 0.6) is 0 Å². The molecule has 88 valence electrons. The van der Waals surface area contributed by atoms with E-state index in [1.807, 2.05) is 0 Å². The molecular weight excluding hydrogens is 212 g/mol. The molecule has 0 heterocycles. The lowest BCUT2D eigenvalue weighted by atomic mass is 9.67. The monoisotopic (exact) mass is 232 g/mol. The molecule has 5 heteroatoms. The SMILES string of the molecule is CS(=O)(=O)NC1C2CCCC1CC(N)C2. The van der Waals surface area contributed by atoms with Gasteiger partial charge in [0.2, 0.25) is 10.0 Å². The first-order valence-corrected chi connectivity index (χ1v) is 7.58. The van der Waals surface area contributed by atoms with Crippen molar-refractivity contribution in [2.75, 3.05) is 6.26 Å². The Morgan fingerprint density at radius 2 is 1.73 bits per heavy atom. The van der Waals surface area contributed by atoms with Crippen LogP contribution in [0.1, 0.15) is 32.1 Å². The molecule has 0 radical (unpaired) electrons. The summed E-state index contributed by atoms with van der Waals surface area (Å²) in [6.07, 6.45) is 6.67. The van der Waals surface area contributed by atoms with Crippen LogP contribution in [0.2, 0.25) is 0 Å². The first kappa shape index (κ1) is 11.4. The van der Waals surface area contributed by atoms with Crippen molar-refractivity contribution in [2.24, 2.45) is 17.6 Å². The first-order chi connectivity index (χ1) is 6.96. The topological polar surface area (TPSA) is 72.2 Å². The average Bonchev–Trinajstić information content (AvgIpc) is 2.04. The zero-order chi connectivity index (χ0) is 11.1. The van der Waals surface area contributed by atoms with E-state index >= 15 is 0 Å². The number of rotatable bonds is 2. The van der Waals surface area contributed by atoms with Crippen LogP contribution in [0.4, 0.5) is 0 Å². The van der Waals surface area contributed by atoms with E-state index < -0.39 is 10.0 Å². The summed E-state index contributed by atoms with van der Waals surface area (Å²) in [7, 11) is -3.07. The van der Waals surface area contributed by atoms with Crippen LogP contribution < -0.4 is 10.5 Å². The molecule has 2 fully saturated rings. The quantitative estimate of drug-likeness (QED) is 0.725. The highest BCUT2D eigenvalue weighted by Gasteiger charge is 2.40. The maximum absolute atomic E-state index is 11.3. The Morgan fingerprint density at radius 3 is 2.20 bits per heavy atom. The van der Waals surface area contributed by atoms with Crippen molar-refractivity contribution in [1.29, 1.82) is 0 Å². The normalized spacial score (nSPS) is 41.5. The van der Waals surface area contributed by atoms with Gasteiger partial charge in [-0.25, -0.2) is 13.1 Å². The van der Waals surface area contributed by atoms with Crippen molar-refractivity contribution in [1.82, 2.24) is 4.72 Å². The predicted molar refractivity (Wildman–Crippen MR) is 59.8 cm³/mol. The van der Waals surface area contributed by atoms with Crippen LogP contribution >= 0.6 is 0 Å². The number of nitrogens with two attached hydrogens (primary N) is 1. The summed E-state index contributed by atoms with van der Waals surface area (Å²) in [5, 5.41) is 0. The average molecular weight is 232 g/mol. The minimum Gasteiger partial charge on any atom is -0.328 e. The van der Waals surface area contributed by atoms with Gasteiger partial charge in [-0.2, -0.15) is 0 Å². The lowest BCUT2D eigenvalue weighted by molar-refractivity contribution is 0.125. The zero-order valence-electron chi connectivity index (χ0n) is 9.15. The van der Waals surface area contributed by atoms with Crippen molar-refractivity contribution in [3.8, 4) is 0 Å². The molecule has 0 aromatic rings. The molecule has 4 nitrogen and oxygen atoms in total. The Labute approximate surface area is 91.7 Å². The molecule has 2 aliphatic rings. The highest BCUT2D eigenvalue weighted by Crippen LogP contribution is 2.39. The van der Waals surface area contributed by atoms with Crippen LogP contribution in [0, 0.1) is 11.8 Å². The number of hydrogen-bond acceptors (Lipinski definition) is 3. The van der Waals surface area contributed by atoms with Gasteiger partial charge in [-0.15, -0.1) is 0 Å². The van der Waals surface area contributed by atoms with Gasteiger partial charge in [-0.1, -0.05) is 6.42 Å². The zero-order valence-corrected chi connectivity index (χ0v) is 9.96. The Balaban J connectivity index is 2.11. The maximum Gasteiger partial charge on any atom is 0.208 e. The summed E-state index contributed by atoms with van der Waals surface area (Å²) in [5.74, 6) is 0.921. The molecule has 2 bridgehead atoms. The minimum atomic E-state index is -3.07. The van der Waals surface area contributed by atoms with Gasteiger partial charge >= 0.3 is 0 Å². The lowest BCUT2D eigenvalue weighted by Gasteiger charge is -2.44. The fourth-order valence-corrected chi connectivity index (χ4v) is 4.11. The van der Waals surface area contributed by atoms with Crippen molar-refractivity contribution in [3.05, 3.63) is 0 Å². The van der Waals surface area contributed by atoms with Crippen molar-refractivity contribution in [2.45, 2.75) is 44.2 Å². The van der Waals surface area contributed by atoms with Crippen LogP contribution in [-0.2, 0) is 10.0 Å². The van der Waals surface area contributed by atoms with Crippen molar-refractivity contribution < 1.29 is 8.42 Å². The molecule has 15 heavy (non-hydrogen) atoms. The van der Waals surface area contributed by atoms with Crippen LogP contribution in [0.3, 0.4) is 0 Å². The van der Waals surface area contributed by atoms with E-state index in [4.69, 9.17) is 5.73 Å². The molecule has 2 aliphatic carbocycles. The molecule has 2 saturated carbocycles. The van der Waals surface area contributed by atoms with Gasteiger partial charge in [0, 0.05) is 12.1 Å². The molecule has 3 N–H and O–H groups in total. The van der Waals surface area contributed by atoms with Crippen molar-refractivity contribution >= 4 is 10.0 Å². The maximum atomic E-state index is 11.3. The third-order valence-electron chi connectivity index (χ3n) is 3.73. The molecule has 2 rings (SSSR count). The Morgan fingerprint density at radius 1 is 1.20 bits per heavy atom. The Kier molecular flexibility index (Phi) is 3.05. The summed E-state index contributed by atoms with van der Waals surface area (Å²) in [5.41, 5.74) is 5.97. The summed E-state index contributed by atoms with van der Waals surface area (Å²) in [6, 6.07) is 0.423. The van der Waals surface area contributed by atoms with Crippen LogP contribution in [0.25, 0.3) is 0 Å². The molecule has 0 saturated heterocycles. The largest absolute Gasteiger partial charge is 0.328 e. The van der Waals surface area contributed by atoms with E-state index in [1.54, 1.807) is 0 Å². The van der Waals surface area contributed by atoms with E-state index in [-0.39, 0.29) is 12.1 Å². The third kappa shape index (κ3) is 2.71. The third-order valence-corrected chi connectivity index (χ3v) is 4.43. The van der Waals surface area contributed by atoms with E-state index in [1.165, 1.54) is 12.7 Å². The highest BCUT2D eigenvalue weighted by atomic mass is 32.2. The van der Waals surface area contributed by atoms with Gasteiger partial charge in [0.25, 0.3) is 0 Å². The molecule has 2 atom stereocenters. The molecular formula is C10H20N2O2S. The number of fused-ring (bicyclic) bond motifs is 2. The van der Waals surface area contributed by atoms with Gasteiger partial charge in [-0.3, -0.25) is 0 Å². The second kappa shape index (κ2) is 4.03. The van der Waals surface area contributed by atoms with E-state index in [0.717, 1.165) is 25.7 Å².